The van der Waals surface area contributed by atoms with Crippen molar-refractivity contribution in [3.63, 3.8) is 0 Å². The number of hydrogen-bond donors (Lipinski definition) is 0. The number of amides is 1. The third-order valence-corrected chi connectivity index (χ3v) is 5.77. The lowest BCUT2D eigenvalue weighted by Gasteiger charge is -2.35. The van der Waals surface area contributed by atoms with Crippen molar-refractivity contribution in [3.05, 3.63) is 63.7 Å². The Morgan fingerprint density at radius 2 is 1.94 bits per heavy atom. The monoisotopic (exact) mass is 499 g/mol. The van der Waals surface area contributed by atoms with Gasteiger partial charge in [-0.1, -0.05) is 43.6 Å². The Bertz CT molecular complexity index is 1060. The molecule has 1 atom stereocenters. The molecule has 1 aliphatic heterocycles. The molecule has 0 radical (unpaired) electrons. The van der Waals surface area contributed by atoms with Crippen LogP contribution in [0.15, 0.2) is 36.4 Å². The summed E-state index contributed by atoms with van der Waals surface area (Å²) >= 11 is 5.94. The van der Waals surface area contributed by atoms with E-state index in [4.69, 9.17) is 25.8 Å². The number of carbonyl (C=O) groups excluding carboxylic acids is 2. The molecule has 0 fully saturated rings. The van der Waals surface area contributed by atoms with Crippen LogP contribution in [-0.4, -0.2) is 37.2 Å². The van der Waals surface area contributed by atoms with Crippen LogP contribution < -0.4 is 4.74 Å². The maximum Gasteiger partial charge on any atom is 0.417 e. The van der Waals surface area contributed by atoms with Crippen molar-refractivity contribution in [3.8, 4) is 5.75 Å². The molecule has 184 valence electrons. The molecule has 3 rings (SSSR count). The van der Waals surface area contributed by atoms with E-state index in [-0.39, 0.29) is 31.2 Å². The zero-order valence-corrected chi connectivity index (χ0v) is 19.7. The maximum absolute atomic E-state index is 13.1. The summed E-state index contributed by atoms with van der Waals surface area (Å²) < 4.78 is 55.2. The fourth-order valence-corrected chi connectivity index (χ4v) is 3.94. The highest BCUT2D eigenvalue weighted by molar-refractivity contribution is 6.32. The van der Waals surface area contributed by atoms with Crippen molar-refractivity contribution in [1.82, 2.24) is 4.90 Å². The summed E-state index contributed by atoms with van der Waals surface area (Å²) in [6.07, 6.45) is -4.74. The van der Waals surface area contributed by atoms with E-state index in [1.54, 1.807) is 18.2 Å². The zero-order valence-electron chi connectivity index (χ0n) is 18.9. The summed E-state index contributed by atoms with van der Waals surface area (Å²) in [5, 5.41) is -0.408. The summed E-state index contributed by atoms with van der Waals surface area (Å²) in [5.74, 6) is -0.0684. The number of methoxy groups -OCH3 is 1. The van der Waals surface area contributed by atoms with Gasteiger partial charge in [-0.05, 0) is 41.7 Å². The van der Waals surface area contributed by atoms with Crippen LogP contribution in [0.3, 0.4) is 0 Å². The molecule has 10 heteroatoms. The Kier molecular flexibility index (Phi) is 7.97. The summed E-state index contributed by atoms with van der Waals surface area (Å²) in [7, 11) is 1.24. The lowest BCUT2D eigenvalue weighted by atomic mass is 9.92. The molecule has 0 saturated heterocycles. The number of rotatable bonds is 6. The quantitative estimate of drug-likeness (QED) is 0.470. The zero-order chi connectivity index (χ0) is 25.0. The van der Waals surface area contributed by atoms with Crippen LogP contribution in [-0.2, 0) is 33.5 Å². The number of halogens is 4. The van der Waals surface area contributed by atoms with Crippen molar-refractivity contribution in [2.24, 2.45) is 5.92 Å². The molecule has 34 heavy (non-hydrogen) atoms. The number of hydrogen-bond acceptors (Lipinski definition) is 5. The molecule has 0 aliphatic carbocycles. The third-order valence-electron chi connectivity index (χ3n) is 5.32. The molecule has 0 aromatic heterocycles. The van der Waals surface area contributed by atoms with Crippen LogP contribution in [0.4, 0.5) is 18.0 Å². The van der Waals surface area contributed by atoms with Crippen LogP contribution in [0.2, 0.25) is 5.02 Å². The second kappa shape index (κ2) is 10.5. The standard InChI is InChI=1S/C24H25ClF3NO5/c1-14(2)12-34-23(31)29-10-9-15-11-17(7-8-18(15)21(29)22(30)32-3)33-13-16-5-4-6-19(20(16)25)24(26,27)28/h4-8,11,14,21H,9-10,12-13H2,1-3H3. The molecular formula is C24H25ClF3NO5. The average Bonchev–Trinajstić information content (AvgIpc) is 2.79. The van der Waals surface area contributed by atoms with Crippen LogP contribution in [0.25, 0.3) is 0 Å². The van der Waals surface area contributed by atoms with Gasteiger partial charge in [-0.25, -0.2) is 9.59 Å². The predicted octanol–water partition coefficient (Wildman–Crippen LogP) is 5.80. The van der Waals surface area contributed by atoms with Crippen molar-refractivity contribution < 1.29 is 37.0 Å². The molecule has 0 N–H and O–H groups in total. The molecule has 2 aromatic rings. The van der Waals surface area contributed by atoms with Gasteiger partial charge >= 0.3 is 18.2 Å². The van der Waals surface area contributed by atoms with Crippen molar-refractivity contribution in [1.29, 1.82) is 0 Å². The number of ether oxygens (including phenoxy) is 3. The minimum atomic E-state index is -4.57. The molecular weight excluding hydrogens is 475 g/mol. The number of fused-ring (bicyclic) bond motifs is 1. The first-order chi connectivity index (χ1) is 16.0. The van der Waals surface area contributed by atoms with Gasteiger partial charge in [-0.3, -0.25) is 4.90 Å². The molecule has 6 nitrogen and oxygen atoms in total. The minimum Gasteiger partial charge on any atom is -0.489 e. The van der Waals surface area contributed by atoms with E-state index in [0.717, 1.165) is 11.6 Å². The molecule has 1 heterocycles. The highest BCUT2D eigenvalue weighted by atomic mass is 35.5. The number of benzene rings is 2. The van der Waals surface area contributed by atoms with Gasteiger partial charge < -0.3 is 14.2 Å². The van der Waals surface area contributed by atoms with Gasteiger partial charge in [0.25, 0.3) is 0 Å². The summed E-state index contributed by atoms with van der Waals surface area (Å²) in [6.45, 7) is 4.10. The van der Waals surface area contributed by atoms with Crippen molar-refractivity contribution >= 4 is 23.7 Å². The average molecular weight is 500 g/mol. The highest BCUT2D eigenvalue weighted by Crippen LogP contribution is 2.37. The van der Waals surface area contributed by atoms with E-state index in [2.05, 4.69) is 0 Å². The smallest absolute Gasteiger partial charge is 0.417 e. The lowest BCUT2D eigenvalue weighted by Crippen LogP contribution is -2.44. The first kappa shape index (κ1) is 25.7. The Hall–Kier alpha value is -2.94. The first-order valence-corrected chi connectivity index (χ1v) is 11.0. The van der Waals surface area contributed by atoms with Gasteiger partial charge in [0.05, 0.1) is 24.3 Å². The summed E-state index contributed by atoms with van der Waals surface area (Å²) in [6, 6.07) is 7.60. The molecule has 1 amide bonds. The van der Waals surface area contributed by atoms with Gasteiger partial charge in [0, 0.05) is 12.1 Å². The fraction of sp³-hybridized carbons (Fsp3) is 0.417. The third kappa shape index (κ3) is 5.75. The van der Waals surface area contributed by atoms with E-state index in [1.807, 2.05) is 13.8 Å². The van der Waals surface area contributed by atoms with E-state index in [0.29, 0.717) is 17.7 Å². The number of nitrogens with zero attached hydrogens (tertiary/aromatic N) is 1. The van der Waals surface area contributed by atoms with Gasteiger partial charge in [0.1, 0.15) is 12.4 Å². The van der Waals surface area contributed by atoms with Crippen LogP contribution in [0.1, 0.15) is 42.1 Å². The Morgan fingerprint density at radius 1 is 1.21 bits per heavy atom. The van der Waals surface area contributed by atoms with Gasteiger partial charge in [-0.2, -0.15) is 13.2 Å². The SMILES string of the molecule is COC(=O)C1c2ccc(OCc3cccc(C(F)(F)F)c3Cl)cc2CCN1C(=O)OCC(C)C. The summed E-state index contributed by atoms with van der Waals surface area (Å²) in [4.78, 5) is 26.4. The number of esters is 1. The van der Waals surface area contributed by atoms with E-state index in [1.165, 1.54) is 24.1 Å². The molecule has 0 saturated carbocycles. The maximum atomic E-state index is 13.1. The Labute approximate surface area is 200 Å². The predicted molar refractivity (Wildman–Crippen MR) is 119 cm³/mol. The topological polar surface area (TPSA) is 65.1 Å². The molecule has 0 bridgehead atoms. The minimum absolute atomic E-state index is 0.141. The van der Waals surface area contributed by atoms with Crippen LogP contribution in [0.5, 0.6) is 5.75 Å². The largest absolute Gasteiger partial charge is 0.489 e. The number of alkyl halides is 3. The second-order valence-corrected chi connectivity index (χ2v) is 8.64. The highest BCUT2D eigenvalue weighted by Gasteiger charge is 2.38. The number of carbonyl (C=O) groups is 2. The molecule has 0 spiro atoms. The Morgan fingerprint density at radius 3 is 2.59 bits per heavy atom. The second-order valence-electron chi connectivity index (χ2n) is 8.27. The van der Waals surface area contributed by atoms with E-state index < -0.39 is 34.9 Å². The first-order valence-electron chi connectivity index (χ1n) is 10.6. The summed E-state index contributed by atoms with van der Waals surface area (Å²) in [5.41, 5.74) is 0.604. The van der Waals surface area contributed by atoms with Crippen LogP contribution >= 0.6 is 11.6 Å². The normalized spacial score (nSPS) is 15.6. The fourth-order valence-electron chi connectivity index (χ4n) is 3.65. The lowest BCUT2D eigenvalue weighted by molar-refractivity contribution is -0.147. The van der Waals surface area contributed by atoms with Gasteiger partial charge in [0.2, 0.25) is 0 Å². The molecule has 1 aliphatic rings. The molecule has 2 aromatic carbocycles. The van der Waals surface area contributed by atoms with Gasteiger partial charge in [-0.15, -0.1) is 0 Å². The van der Waals surface area contributed by atoms with E-state index in [9.17, 15) is 22.8 Å². The van der Waals surface area contributed by atoms with E-state index >= 15 is 0 Å². The van der Waals surface area contributed by atoms with Crippen molar-refractivity contribution in [2.75, 3.05) is 20.3 Å². The van der Waals surface area contributed by atoms with Crippen LogP contribution in [0, 0.1) is 5.92 Å². The molecule has 1 unspecified atom stereocenters. The van der Waals surface area contributed by atoms with Crippen molar-refractivity contribution in [2.45, 2.75) is 39.1 Å². The Balaban J connectivity index is 1.80. The van der Waals surface area contributed by atoms with Gasteiger partial charge in [0.15, 0.2) is 6.04 Å².